The molecule has 338 valence electrons. The Bertz CT molecular complexity index is 3360. The minimum atomic E-state index is -0.133. The SMILES string of the molecule is CC(C)(C)c1ccc(N(c2ccc(C(C)(C)C)cc2)c2ccc3c(c2)N(c2cccc4c2oc2ccccc24)c2cc(C(C)(C)C)cc4c2B3c2sc3c(c2N4c2ccccc2)CCCC3)cc1. The van der Waals surface area contributed by atoms with E-state index in [2.05, 4.69) is 240 Å². The topological polar surface area (TPSA) is 22.9 Å². The van der Waals surface area contributed by atoms with Gasteiger partial charge in [-0.15, -0.1) is 0 Å². The summed E-state index contributed by atoms with van der Waals surface area (Å²) in [7, 11) is 0. The van der Waals surface area contributed by atoms with E-state index in [4.69, 9.17) is 4.42 Å². The second-order valence-corrected chi connectivity index (χ2v) is 23.6. The van der Waals surface area contributed by atoms with Gasteiger partial charge < -0.3 is 19.1 Å². The molecule has 0 saturated heterocycles. The van der Waals surface area contributed by atoms with E-state index in [1.54, 1.807) is 10.4 Å². The second-order valence-electron chi connectivity index (χ2n) is 22.5. The van der Waals surface area contributed by atoms with E-state index in [0.717, 1.165) is 57.5 Å². The summed E-state index contributed by atoms with van der Waals surface area (Å²) in [5, 5.41) is 2.25. The highest BCUT2D eigenvalue weighted by Crippen LogP contribution is 2.52. The first-order chi connectivity index (χ1) is 32.6. The molecule has 4 nitrogen and oxygen atoms in total. The normalized spacial score (nSPS) is 14.5. The fourth-order valence-corrected chi connectivity index (χ4v) is 12.7. The molecule has 1 aliphatic carbocycles. The van der Waals surface area contributed by atoms with E-state index in [1.807, 2.05) is 0 Å². The number of rotatable bonds is 5. The maximum absolute atomic E-state index is 7.00. The third-order valence-corrected chi connectivity index (χ3v) is 16.2. The molecule has 0 spiro atoms. The van der Waals surface area contributed by atoms with Crippen LogP contribution in [0.5, 0.6) is 0 Å². The molecule has 6 heteroatoms. The number of fused-ring (bicyclic) bond motifs is 9. The Hall–Kier alpha value is -6.50. The van der Waals surface area contributed by atoms with E-state index >= 15 is 0 Å². The van der Waals surface area contributed by atoms with Crippen LogP contribution in [0, 0.1) is 0 Å². The maximum atomic E-state index is 7.00. The largest absolute Gasteiger partial charge is 0.454 e. The summed E-state index contributed by atoms with van der Waals surface area (Å²) in [5.41, 5.74) is 20.6. The van der Waals surface area contributed by atoms with Crippen molar-refractivity contribution >= 4 is 107 Å². The van der Waals surface area contributed by atoms with Crippen molar-refractivity contribution < 1.29 is 4.42 Å². The van der Waals surface area contributed by atoms with Crippen LogP contribution in [0.15, 0.2) is 156 Å². The van der Waals surface area contributed by atoms with Gasteiger partial charge in [-0.25, -0.2) is 0 Å². The molecule has 0 fully saturated rings. The molecule has 0 unspecified atom stereocenters. The lowest BCUT2D eigenvalue weighted by Gasteiger charge is -2.44. The van der Waals surface area contributed by atoms with Crippen molar-refractivity contribution in [3.8, 4) is 0 Å². The van der Waals surface area contributed by atoms with Gasteiger partial charge in [0, 0.05) is 60.2 Å². The highest BCUT2D eigenvalue weighted by molar-refractivity contribution is 7.29. The van der Waals surface area contributed by atoms with E-state index in [1.165, 1.54) is 73.7 Å². The van der Waals surface area contributed by atoms with E-state index < -0.39 is 0 Å². The van der Waals surface area contributed by atoms with Crippen LogP contribution in [0.4, 0.5) is 51.2 Å². The highest BCUT2D eigenvalue weighted by atomic mass is 32.1. The van der Waals surface area contributed by atoms with Gasteiger partial charge in [0.1, 0.15) is 5.58 Å². The number of thiophene rings is 1. The van der Waals surface area contributed by atoms with Gasteiger partial charge in [0.15, 0.2) is 5.58 Å². The van der Waals surface area contributed by atoms with Crippen molar-refractivity contribution in [2.45, 2.75) is 104 Å². The standard InChI is InChI=1S/C62H60BN3OS/c1-60(2,3)39-26-30-43(31-27-39)64(44-32-28-40(29-33-44)61(4,5)6)45-34-35-49-51(38-45)66(50-23-17-22-47-46-20-13-15-24-54(46)67-58(47)50)53-37-41(62(7,8)9)36-52-56(53)63(49)59-57(48-21-14-16-25-55(48)68-59)65(52)42-18-11-10-12-19-42/h10-13,15,17-20,22-24,26-38H,14,16,21,25H2,1-9H3. The quantitative estimate of drug-likeness (QED) is 0.161. The van der Waals surface area contributed by atoms with Gasteiger partial charge in [-0.3, -0.25) is 0 Å². The summed E-state index contributed by atoms with van der Waals surface area (Å²) >= 11 is 2.07. The zero-order chi connectivity index (χ0) is 46.9. The van der Waals surface area contributed by atoms with Crippen molar-refractivity contribution in [1.82, 2.24) is 0 Å². The number of hydrogen-bond acceptors (Lipinski definition) is 5. The van der Waals surface area contributed by atoms with Gasteiger partial charge in [0.25, 0.3) is 6.71 Å². The maximum Gasteiger partial charge on any atom is 0.264 e. The number of aryl methyl sites for hydroxylation is 1. The van der Waals surface area contributed by atoms with Crippen LogP contribution in [0.1, 0.15) is 102 Å². The molecule has 0 atom stereocenters. The van der Waals surface area contributed by atoms with Crippen molar-refractivity contribution in [1.29, 1.82) is 0 Å². The van der Waals surface area contributed by atoms with Crippen LogP contribution < -0.4 is 30.4 Å². The molecule has 0 amide bonds. The molecular weight excluding hydrogens is 846 g/mol. The van der Waals surface area contributed by atoms with Crippen molar-refractivity contribution in [2.24, 2.45) is 0 Å². The van der Waals surface area contributed by atoms with Crippen molar-refractivity contribution in [2.75, 3.05) is 14.7 Å². The Kier molecular flexibility index (Phi) is 9.77. The average molecular weight is 906 g/mol. The third kappa shape index (κ3) is 6.84. The molecule has 9 aromatic rings. The molecule has 7 aromatic carbocycles. The highest BCUT2D eigenvalue weighted by Gasteiger charge is 2.47. The number of benzene rings is 7. The van der Waals surface area contributed by atoms with Crippen LogP contribution in [0.3, 0.4) is 0 Å². The van der Waals surface area contributed by atoms with Gasteiger partial charge in [-0.05, 0) is 148 Å². The Morgan fingerprint density at radius 3 is 1.76 bits per heavy atom. The smallest absolute Gasteiger partial charge is 0.264 e. The summed E-state index contributed by atoms with van der Waals surface area (Å²) in [6.07, 6.45) is 4.72. The molecule has 2 aliphatic heterocycles. The minimum Gasteiger partial charge on any atom is -0.454 e. The second kappa shape index (κ2) is 15.5. The van der Waals surface area contributed by atoms with Gasteiger partial charge in [0.05, 0.1) is 11.4 Å². The molecule has 2 aromatic heterocycles. The number of hydrogen-bond donors (Lipinski definition) is 0. The predicted octanol–water partition coefficient (Wildman–Crippen LogP) is 16.0. The van der Waals surface area contributed by atoms with Crippen LogP contribution in [-0.2, 0) is 29.1 Å². The van der Waals surface area contributed by atoms with Crippen LogP contribution in [-0.4, -0.2) is 6.71 Å². The molecule has 0 saturated carbocycles. The summed E-state index contributed by atoms with van der Waals surface area (Å²) in [6, 6.07) is 57.2. The van der Waals surface area contributed by atoms with Gasteiger partial charge in [-0.2, -0.15) is 11.3 Å². The average Bonchev–Trinajstić information content (AvgIpc) is 3.90. The summed E-state index contributed by atoms with van der Waals surface area (Å²) in [4.78, 5) is 9.23. The zero-order valence-corrected chi connectivity index (χ0v) is 41.8. The number of para-hydroxylation sites is 3. The Morgan fingerprint density at radius 1 is 0.515 bits per heavy atom. The number of nitrogens with zero attached hydrogens (tertiary/aromatic N) is 3. The first kappa shape index (κ1) is 42.8. The molecule has 4 heterocycles. The fraction of sp³-hybridized carbons (Fsp3) is 0.258. The lowest BCUT2D eigenvalue weighted by atomic mass is 9.36. The van der Waals surface area contributed by atoms with Crippen LogP contribution in [0.25, 0.3) is 21.9 Å². The number of anilines is 9. The van der Waals surface area contributed by atoms with Gasteiger partial charge >= 0.3 is 0 Å². The lowest BCUT2D eigenvalue weighted by Crippen LogP contribution is -2.60. The molecule has 3 aliphatic rings. The predicted molar refractivity (Wildman–Crippen MR) is 293 cm³/mol. The summed E-state index contributed by atoms with van der Waals surface area (Å²) in [6.45, 7) is 20.9. The van der Waals surface area contributed by atoms with Crippen molar-refractivity contribution in [3.05, 3.63) is 179 Å². The molecule has 68 heavy (non-hydrogen) atoms. The van der Waals surface area contributed by atoms with Gasteiger partial charge in [0.2, 0.25) is 0 Å². The number of furan rings is 1. The van der Waals surface area contributed by atoms with Crippen LogP contribution in [0.2, 0.25) is 0 Å². The van der Waals surface area contributed by atoms with E-state index in [0.29, 0.717) is 0 Å². The Labute approximate surface area is 406 Å². The Balaban J connectivity index is 1.18. The van der Waals surface area contributed by atoms with Gasteiger partial charge in [-0.1, -0.05) is 141 Å². The lowest BCUT2D eigenvalue weighted by molar-refractivity contribution is 0.590. The minimum absolute atomic E-state index is 0.0375. The summed E-state index contributed by atoms with van der Waals surface area (Å²) in [5.74, 6) is 0. The molecule has 0 radical (unpaired) electrons. The molecular formula is C62H60BN3OS. The van der Waals surface area contributed by atoms with Crippen molar-refractivity contribution in [3.63, 3.8) is 0 Å². The first-order valence-corrected chi connectivity index (χ1v) is 25.5. The Morgan fingerprint density at radius 2 is 1.10 bits per heavy atom. The summed E-state index contributed by atoms with van der Waals surface area (Å²) < 4.78 is 8.46. The first-order valence-electron chi connectivity index (χ1n) is 24.7. The third-order valence-electron chi connectivity index (χ3n) is 14.9. The zero-order valence-electron chi connectivity index (χ0n) is 41.0. The van der Waals surface area contributed by atoms with E-state index in [9.17, 15) is 0 Å². The molecule has 0 bridgehead atoms. The fourth-order valence-electron chi connectivity index (χ4n) is 11.2. The van der Waals surface area contributed by atoms with E-state index in [-0.39, 0.29) is 23.0 Å². The molecule has 12 rings (SSSR count). The van der Waals surface area contributed by atoms with Crippen LogP contribution >= 0.6 is 11.3 Å². The monoisotopic (exact) mass is 905 g/mol. The molecule has 0 N–H and O–H groups in total.